The van der Waals surface area contributed by atoms with Crippen molar-refractivity contribution < 1.29 is 47.7 Å². The molecule has 46 heavy (non-hydrogen) atoms. The van der Waals surface area contributed by atoms with Crippen molar-refractivity contribution in [3.63, 3.8) is 0 Å². The fourth-order valence-corrected chi connectivity index (χ4v) is 4.68. The number of hydrogen-bond donors (Lipinski definition) is 1. The number of unbranched alkanes of at least 4 members (excludes halogenated alkanes) is 15. The van der Waals surface area contributed by atoms with Crippen molar-refractivity contribution >= 4 is 0 Å². The molecule has 0 atom stereocenters. The van der Waals surface area contributed by atoms with Crippen molar-refractivity contribution in [3.8, 4) is 0 Å². The highest BCUT2D eigenvalue weighted by Gasteiger charge is 1.97. The minimum absolute atomic E-state index is 0.0326. The highest BCUT2D eigenvalue weighted by atomic mass is 16.6. The van der Waals surface area contributed by atoms with E-state index in [4.69, 9.17) is 47.7 Å². The number of aliphatic hydroxyl groups is 1. The van der Waals surface area contributed by atoms with Crippen LogP contribution in [-0.2, 0) is 42.6 Å². The Morgan fingerprint density at radius 1 is 0.239 bits per heavy atom. The average molecular weight is 667 g/mol. The van der Waals surface area contributed by atoms with Crippen molar-refractivity contribution in [2.45, 2.75) is 110 Å². The van der Waals surface area contributed by atoms with Gasteiger partial charge in [0, 0.05) is 6.61 Å². The lowest BCUT2D eigenvalue weighted by Crippen LogP contribution is -2.15. The van der Waals surface area contributed by atoms with Gasteiger partial charge in [0.2, 0.25) is 0 Å². The number of aliphatic hydroxyl groups excluding tert-OH is 1. The van der Waals surface area contributed by atoms with Crippen LogP contribution in [-0.4, -0.2) is 131 Å². The summed E-state index contributed by atoms with van der Waals surface area (Å²) in [5, 5.41) is 8.58. The first-order chi connectivity index (χ1) is 22.9. The zero-order valence-corrected chi connectivity index (χ0v) is 29.9. The van der Waals surface area contributed by atoms with Gasteiger partial charge in [-0.3, -0.25) is 0 Å². The van der Waals surface area contributed by atoms with Crippen LogP contribution in [0.3, 0.4) is 0 Å². The van der Waals surface area contributed by atoms with E-state index in [1.165, 1.54) is 96.3 Å². The van der Waals surface area contributed by atoms with E-state index < -0.39 is 0 Å². The Bertz CT molecular complexity index is 471. The van der Waals surface area contributed by atoms with Gasteiger partial charge in [-0.2, -0.15) is 0 Å². The second-order valence-corrected chi connectivity index (χ2v) is 11.5. The van der Waals surface area contributed by atoms with Gasteiger partial charge in [-0.05, 0) is 6.42 Å². The maximum Gasteiger partial charge on any atom is 0.0701 e. The van der Waals surface area contributed by atoms with Gasteiger partial charge >= 0.3 is 0 Å². The van der Waals surface area contributed by atoms with Gasteiger partial charge in [0.15, 0.2) is 0 Å². The molecule has 0 aromatic rings. The van der Waals surface area contributed by atoms with Crippen LogP contribution >= 0.6 is 0 Å². The van der Waals surface area contributed by atoms with Gasteiger partial charge in [0.1, 0.15) is 0 Å². The standard InChI is InChI=1S/C36H74O10/c1-2-3-4-5-6-7-8-9-10-11-12-13-14-15-16-17-19-38-21-23-40-25-27-42-29-31-44-33-35-46-36-34-45-32-30-43-28-26-41-24-22-39-20-18-37/h37H,2-36H2,1H3. The van der Waals surface area contributed by atoms with Gasteiger partial charge in [-0.15, -0.1) is 0 Å². The van der Waals surface area contributed by atoms with Gasteiger partial charge < -0.3 is 47.7 Å². The minimum Gasteiger partial charge on any atom is -0.394 e. The summed E-state index contributed by atoms with van der Waals surface area (Å²) in [6.07, 6.45) is 22.2. The van der Waals surface area contributed by atoms with Crippen LogP contribution < -0.4 is 0 Å². The van der Waals surface area contributed by atoms with E-state index >= 15 is 0 Å². The molecule has 0 spiro atoms. The Morgan fingerprint density at radius 2 is 0.435 bits per heavy atom. The Kier molecular flexibility index (Phi) is 44.2. The van der Waals surface area contributed by atoms with Crippen LogP contribution in [0.5, 0.6) is 0 Å². The van der Waals surface area contributed by atoms with Crippen molar-refractivity contribution in [3.05, 3.63) is 0 Å². The van der Waals surface area contributed by atoms with Crippen LogP contribution in [0, 0.1) is 0 Å². The molecule has 0 saturated heterocycles. The van der Waals surface area contributed by atoms with E-state index in [9.17, 15) is 0 Å². The first-order valence-electron chi connectivity index (χ1n) is 18.7. The summed E-state index contributed by atoms with van der Waals surface area (Å²) in [6.45, 7) is 12.2. The molecule has 10 heteroatoms. The van der Waals surface area contributed by atoms with Crippen molar-refractivity contribution in [2.24, 2.45) is 0 Å². The lowest BCUT2D eigenvalue weighted by molar-refractivity contribution is -0.0255. The summed E-state index contributed by atoms with van der Waals surface area (Å²) >= 11 is 0. The first kappa shape index (κ1) is 45.6. The molecule has 0 aliphatic carbocycles. The molecule has 0 aromatic carbocycles. The SMILES string of the molecule is CCCCCCCCCCCCCCCCCCOCCOCCOCCOCCOCCOCCOCCOCCOCCO. The first-order valence-corrected chi connectivity index (χ1v) is 18.7. The van der Waals surface area contributed by atoms with Gasteiger partial charge in [0.05, 0.1) is 119 Å². The summed E-state index contributed by atoms with van der Waals surface area (Å²) < 4.78 is 49.0. The predicted octanol–water partition coefficient (Wildman–Crippen LogP) is 6.39. The molecule has 0 heterocycles. The summed E-state index contributed by atoms with van der Waals surface area (Å²) in [6, 6.07) is 0. The molecular formula is C36H74O10. The van der Waals surface area contributed by atoms with E-state index in [0.29, 0.717) is 112 Å². The Morgan fingerprint density at radius 3 is 0.674 bits per heavy atom. The molecule has 0 radical (unpaired) electrons. The topological polar surface area (TPSA) is 103 Å². The van der Waals surface area contributed by atoms with Crippen molar-refractivity contribution in [2.75, 3.05) is 126 Å². The fraction of sp³-hybridized carbons (Fsp3) is 1.00. The monoisotopic (exact) mass is 667 g/mol. The highest BCUT2D eigenvalue weighted by Crippen LogP contribution is 2.13. The quantitative estimate of drug-likeness (QED) is 0.0737. The zero-order chi connectivity index (χ0) is 33.1. The van der Waals surface area contributed by atoms with Crippen LogP contribution in [0.2, 0.25) is 0 Å². The molecule has 0 rings (SSSR count). The third-order valence-corrected chi connectivity index (χ3v) is 7.35. The second-order valence-electron chi connectivity index (χ2n) is 11.5. The number of ether oxygens (including phenoxy) is 9. The maximum absolute atomic E-state index is 8.58. The fourth-order valence-electron chi connectivity index (χ4n) is 4.68. The molecule has 0 bridgehead atoms. The van der Waals surface area contributed by atoms with Crippen molar-refractivity contribution in [1.29, 1.82) is 0 Å². The average Bonchev–Trinajstić information content (AvgIpc) is 3.07. The number of hydrogen-bond acceptors (Lipinski definition) is 10. The normalized spacial score (nSPS) is 11.6. The summed E-state index contributed by atoms with van der Waals surface area (Å²) in [4.78, 5) is 0. The summed E-state index contributed by atoms with van der Waals surface area (Å²) in [5.41, 5.74) is 0. The third-order valence-electron chi connectivity index (χ3n) is 7.35. The molecule has 0 amide bonds. The molecule has 0 aliphatic rings. The van der Waals surface area contributed by atoms with Crippen LogP contribution in [0.25, 0.3) is 0 Å². The lowest BCUT2D eigenvalue weighted by Gasteiger charge is -2.09. The third kappa shape index (κ3) is 43.6. The molecule has 1 N–H and O–H groups in total. The van der Waals surface area contributed by atoms with Crippen molar-refractivity contribution in [1.82, 2.24) is 0 Å². The number of rotatable bonds is 43. The van der Waals surface area contributed by atoms with E-state index in [2.05, 4.69) is 6.92 Å². The molecule has 0 aliphatic heterocycles. The van der Waals surface area contributed by atoms with Gasteiger partial charge in [-0.25, -0.2) is 0 Å². The maximum atomic E-state index is 8.58. The molecule has 10 nitrogen and oxygen atoms in total. The molecule has 278 valence electrons. The highest BCUT2D eigenvalue weighted by molar-refractivity contribution is 4.50. The zero-order valence-electron chi connectivity index (χ0n) is 29.9. The Balaban J connectivity index is 3.03. The molecule has 0 unspecified atom stereocenters. The minimum atomic E-state index is 0.0326. The van der Waals surface area contributed by atoms with Gasteiger partial charge in [-0.1, -0.05) is 103 Å². The van der Waals surface area contributed by atoms with Crippen LogP contribution in [0.15, 0.2) is 0 Å². The second kappa shape index (κ2) is 44.6. The molecule has 0 aromatic heterocycles. The summed E-state index contributed by atoms with van der Waals surface area (Å²) in [5.74, 6) is 0. The molecular weight excluding hydrogens is 592 g/mol. The van der Waals surface area contributed by atoms with E-state index in [1.54, 1.807) is 0 Å². The van der Waals surface area contributed by atoms with Crippen LogP contribution in [0.4, 0.5) is 0 Å². The Hall–Kier alpha value is -0.400. The molecule has 0 fully saturated rings. The van der Waals surface area contributed by atoms with E-state index in [0.717, 1.165) is 13.0 Å². The smallest absolute Gasteiger partial charge is 0.0701 e. The van der Waals surface area contributed by atoms with Gasteiger partial charge in [0.25, 0.3) is 0 Å². The Labute approximate surface area is 282 Å². The van der Waals surface area contributed by atoms with E-state index in [1.807, 2.05) is 0 Å². The van der Waals surface area contributed by atoms with Crippen LogP contribution in [0.1, 0.15) is 110 Å². The largest absolute Gasteiger partial charge is 0.394 e. The lowest BCUT2D eigenvalue weighted by atomic mass is 10.0. The van der Waals surface area contributed by atoms with E-state index in [-0.39, 0.29) is 6.61 Å². The predicted molar refractivity (Wildman–Crippen MR) is 184 cm³/mol. The summed E-state index contributed by atoms with van der Waals surface area (Å²) in [7, 11) is 0. The molecule has 0 saturated carbocycles.